The number of anilines is 1. The van der Waals surface area contributed by atoms with Crippen molar-refractivity contribution in [1.29, 1.82) is 0 Å². The molecule has 1 heterocycles. The minimum atomic E-state index is -0.200. The molecule has 5 nitrogen and oxygen atoms in total. The standard InChI is InChI=1S/C22H18N2O3/c1-14(25)23-17-12-13-19(27-15-8-4-3-5-9-15)20-21(17)24(2)18-11-7-6-10-16(18)22(20)26/h3-13H,1-2H3,(H,23,25). The first-order valence-electron chi connectivity index (χ1n) is 8.61. The topological polar surface area (TPSA) is 60.3 Å². The van der Waals surface area contributed by atoms with Gasteiger partial charge in [0.15, 0.2) is 0 Å². The molecule has 0 aliphatic heterocycles. The van der Waals surface area contributed by atoms with Crippen LogP contribution in [0.5, 0.6) is 11.5 Å². The van der Waals surface area contributed by atoms with Crippen molar-refractivity contribution in [3.63, 3.8) is 0 Å². The Morgan fingerprint density at radius 3 is 2.41 bits per heavy atom. The van der Waals surface area contributed by atoms with E-state index >= 15 is 0 Å². The third kappa shape index (κ3) is 2.93. The number of hydrogen-bond donors (Lipinski definition) is 1. The summed E-state index contributed by atoms with van der Waals surface area (Å²) in [6, 6.07) is 20.2. The molecule has 0 bridgehead atoms. The van der Waals surface area contributed by atoms with E-state index in [2.05, 4.69) is 5.32 Å². The number of rotatable bonds is 3. The Hall–Kier alpha value is -3.60. The van der Waals surface area contributed by atoms with Gasteiger partial charge in [-0.25, -0.2) is 0 Å². The van der Waals surface area contributed by atoms with E-state index in [4.69, 9.17) is 4.74 Å². The Balaban J connectivity index is 2.08. The highest BCUT2D eigenvalue weighted by Gasteiger charge is 2.17. The lowest BCUT2D eigenvalue weighted by molar-refractivity contribution is -0.114. The van der Waals surface area contributed by atoms with Gasteiger partial charge in [0.25, 0.3) is 0 Å². The predicted molar refractivity (Wildman–Crippen MR) is 108 cm³/mol. The summed E-state index contributed by atoms with van der Waals surface area (Å²) in [6.45, 7) is 1.44. The first-order valence-corrected chi connectivity index (χ1v) is 8.61. The summed E-state index contributed by atoms with van der Waals surface area (Å²) in [7, 11) is 1.88. The van der Waals surface area contributed by atoms with Gasteiger partial charge in [-0.15, -0.1) is 0 Å². The van der Waals surface area contributed by atoms with E-state index in [1.807, 2.05) is 60.1 Å². The second-order valence-electron chi connectivity index (χ2n) is 6.34. The Bertz CT molecular complexity index is 1230. The van der Waals surface area contributed by atoms with Gasteiger partial charge < -0.3 is 14.6 Å². The van der Waals surface area contributed by atoms with Crippen LogP contribution >= 0.6 is 0 Å². The van der Waals surface area contributed by atoms with Crippen LogP contribution in [0.1, 0.15) is 6.92 Å². The third-order valence-corrected chi connectivity index (χ3v) is 4.49. The number of nitrogens with zero attached hydrogens (tertiary/aromatic N) is 1. The van der Waals surface area contributed by atoms with Crippen LogP contribution in [0.4, 0.5) is 5.69 Å². The maximum atomic E-state index is 13.3. The summed E-state index contributed by atoms with van der Waals surface area (Å²) in [5.74, 6) is 0.895. The SMILES string of the molecule is CC(=O)Nc1ccc(Oc2ccccc2)c2c(=O)c3ccccc3n(C)c12. The number of pyridine rings is 1. The molecule has 0 unspecified atom stereocenters. The minimum Gasteiger partial charge on any atom is -0.457 e. The van der Waals surface area contributed by atoms with Crippen molar-refractivity contribution in [3.8, 4) is 11.5 Å². The quantitative estimate of drug-likeness (QED) is 0.551. The van der Waals surface area contributed by atoms with Crippen LogP contribution in [0.2, 0.25) is 0 Å². The van der Waals surface area contributed by atoms with E-state index < -0.39 is 0 Å². The van der Waals surface area contributed by atoms with Crippen LogP contribution in [0.25, 0.3) is 21.8 Å². The largest absolute Gasteiger partial charge is 0.457 e. The molecule has 0 aliphatic rings. The molecule has 4 aromatic rings. The lowest BCUT2D eigenvalue weighted by Crippen LogP contribution is -2.14. The van der Waals surface area contributed by atoms with Gasteiger partial charge >= 0.3 is 0 Å². The number of nitrogens with one attached hydrogen (secondary N) is 1. The number of aromatic nitrogens is 1. The Morgan fingerprint density at radius 2 is 1.67 bits per heavy atom. The number of benzene rings is 3. The van der Waals surface area contributed by atoms with Gasteiger partial charge in [0.2, 0.25) is 11.3 Å². The number of hydrogen-bond acceptors (Lipinski definition) is 3. The van der Waals surface area contributed by atoms with Crippen LogP contribution in [0.15, 0.2) is 71.5 Å². The molecule has 1 amide bonds. The van der Waals surface area contributed by atoms with E-state index in [-0.39, 0.29) is 11.3 Å². The maximum Gasteiger partial charge on any atom is 0.221 e. The van der Waals surface area contributed by atoms with Gasteiger partial charge in [0, 0.05) is 19.4 Å². The fourth-order valence-electron chi connectivity index (χ4n) is 3.34. The van der Waals surface area contributed by atoms with Crippen LogP contribution < -0.4 is 15.5 Å². The van der Waals surface area contributed by atoms with Crippen LogP contribution in [-0.4, -0.2) is 10.5 Å². The van der Waals surface area contributed by atoms with Gasteiger partial charge in [-0.1, -0.05) is 30.3 Å². The number of amides is 1. The monoisotopic (exact) mass is 358 g/mol. The molecule has 0 aliphatic carbocycles. The molecular formula is C22H18N2O3. The molecule has 1 aromatic heterocycles. The molecule has 0 saturated carbocycles. The average molecular weight is 358 g/mol. The van der Waals surface area contributed by atoms with Crippen molar-refractivity contribution in [2.24, 2.45) is 7.05 Å². The van der Waals surface area contributed by atoms with Crippen molar-refractivity contribution < 1.29 is 9.53 Å². The first kappa shape index (κ1) is 16.8. The summed E-state index contributed by atoms with van der Waals surface area (Å²) >= 11 is 0. The van der Waals surface area contributed by atoms with Gasteiger partial charge in [0.05, 0.1) is 22.1 Å². The fourth-order valence-corrected chi connectivity index (χ4v) is 3.34. The normalized spacial score (nSPS) is 10.9. The fraction of sp³-hybridized carbons (Fsp3) is 0.0909. The molecule has 0 spiro atoms. The molecule has 27 heavy (non-hydrogen) atoms. The van der Waals surface area contributed by atoms with Gasteiger partial charge in [-0.05, 0) is 36.4 Å². The van der Waals surface area contributed by atoms with E-state index in [9.17, 15) is 9.59 Å². The Labute approximate surface area is 155 Å². The molecule has 0 fully saturated rings. The summed E-state index contributed by atoms with van der Waals surface area (Å²) in [6.07, 6.45) is 0. The van der Waals surface area contributed by atoms with Crippen LogP contribution in [-0.2, 0) is 11.8 Å². The van der Waals surface area contributed by atoms with Crippen molar-refractivity contribution in [2.45, 2.75) is 6.92 Å². The summed E-state index contributed by atoms with van der Waals surface area (Å²) < 4.78 is 7.92. The zero-order valence-electron chi connectivity index (χ0n) is 15.0. The zero-order valence-corrected chi connectivity index (χ0v) is 15.0. The average Bonchev–Trinajstić information content (AvgIpc) is 2.67. The maximum absolute atomic E-state index is 13.3. The number of ether oxygens (including phenoxy) is 1. The molecule has 0 saturated heterocycles. The van der Waals surface area contributed by atoms with Crippen molar-refractivity contribution in [1.82, 2.24) is 4.57 Å². The molecule has 0 radical (unpaired) electrons. The molecule has 4 rings (SSSR count). The summed E-state index contributed by atoms with van der Waals surface area (Å²) in [4.78, 5) is 24.9. The smallest absolute Gasteiger partial charge is 0.221 e. The zero-order chi connectivity index (χ0) is 19.0. The molecule has 1 N–H and O–H groups in total. The van der Waals surface area contributed by atoms with E-state index in [1.54, 1.807) is 18.2 Å². The highest BCUT2D eigenvalue weighted by molar-refractivity contribution is 6.06. The molecule has 134 valence electrons. The van der Waals surface area contributed by atoms with Gasteiger partial charge in [-0.3, -0.25) is 9.59 Å². The first-order chi connectivity index (χ1) is 13.1. The molecule has 3 aromatic carbocycles. The number of aryl methyl sites for hydroxylation is 1. The van der Waals surface area contributed by atoms with E-state index in [0.717, 1.165) is 5.52 Å². The Kier molecular flexibility index (Phi) is 4.12. The van der Waals surface area contributed by atoms with E-state index in [1.165, 1.54) is 6.92 Å². The van der Waals surface area contributed by atoms with Crippen LogP contribution in [0, 0.1) is 0 Å². The Morgan fingerprint density at radius 1 is 0.963 bits per heavy atom. The minimum absolute atomic E-state index is 0.128. The number of para-hydroxylation sites is 2. The second kappa shape index (κ2) is 6.61. The summed E-state index contributed by atoms with van der Waals surface area (Å²) in [5, 5.41) is 3.86. The summed E-state index contributed by atoms with van der Waals surface area (Å²) in [5.41, 5.74) is 1.86. The number of carbonyl (C=O) groups is 1. The lowest BCUT2D eigenvalue weighted by Gasteiger charge is -2.17. The highest BCUT2D eigenvalue weighted by atomic mass is 16.5. The van der Waals surface area contributed by atoms with Gasteiger partial charge in [-0.2, -0.15) is 0 Å². The number of carbonyl (C=O) groups excluding carboxylic acids is 1. The molecular weight excluding hydrogens is 340 g/mol. The highest BCUT2D eigenvalue weighted by Crippen LogP contribution is 2.34. The van der Waals surface area contributed by atoms with Crippen molar-refractivity contribution in [2.75, 3.05) is 5.32 Å². The molecule has 5 heteroatoms. The van der Waals surface area contributed by atoms with Crippen molar-refractivity contribution >= 4 is 33.4 Å². The van der Waals surface area contributed by atoms with E-state index in [0.29, 0.717) is 33.5 Å². The number of fused-ring (bicyclic) bond motifs is 2. The van der Waals surface area contributed by atoms with Crippen LogP contribution in [0.3, 0.4) is 0 Å². The van der Waals surface area contributed by atoms with Crippen molar-refractivity contribution in [3.05, 3.63) is 77.0 Å². The second-order valence-corrected chi connectivity index (χ2v) is 6.34. The predicted octanol–water partition coefficient (Wildman–Crippen LogP) is 4.44. The lowest BCUT2D eigenvalue weighted by atomic mass is 10.1. The third-order valence-electron chi connectivity index (χ3n) is 4.49. The van der Waals surface area contributed by atoms with Gasteiger partial charge in [0.1, 0.15) is 11.5 Å². The molecule has 0 atom stereocenters.